The molecule has 0 radical (unpaired) electrons. The van der Waals surface area contributed by atoms with E-state index in [1.807, 2.05) is 12.1 Å². The van der Waals surface area contributed by atoms with E-state index in [4.69, 9.17) is 0 Å². The van der Waals surface area contributed by atoms with Crippen LogP contribution in [-0.2, 0) is 14.8 Å². The van der Waals surface area contributed by atoms with Crippen molar-refractivity contribution in [2.45, 2.75) is 11.5 Å². The first-order valence-electron chi connectivity index (χ1n) is 9.83. The van der Waals surface area contributed by atoms with Crippen LogP contribution in [-0.4, -0.2) is 74.4 Å². The molecule has 2 aromatic rings. The van der Waals surface area contributed by atoms with Gasteiger partial charge in [0.1, 0.15) is 5.75 Å². The largest absolute Gasteiger partial charge is 0.435 e. The van der Waals surface area contributed by atoms with E-state index < -0.39 is 22.6 Å². The van der Waals surface area contributed by atoms with Gasteiger partial charge in [-0.25, -0.2) is 8.42 Å². The molecule has 0 bridgehead atoms. The molecule has 0 spiro atoms. The number of ether oxygens (including phenoxy) is 1. The molecule has 3 heterocycles. The minimum Gasteiger partial charge on any atom is -0.435 e. The van der Waals surface area contributed by atoms with E-state index in [9.17, 15) is 22.0 Å². The lowest BCUT2D eigenvalue weighted by molar-refractivity contribution is -0.139. The monoisotopic (exact) mass is 452 g/mol. The number of hydrogen-bond acceptors (Lipinski definition) is 6. The van der Waals surface area contributed by atoms with E-state index in [0.717, 1.165) is 11.8 Å². The quantitative estimate of drug-likeness (QED) is 0.663. The molecule has 0 saturated carbocycles. The van der Waals surface area contributed by atoms with E-state index in [-0.39, 0.29) is 29.6 Å². The summed E-state index contributed by atoms with van der Waals surface area (Å²) in [6.45, 7) is -0.363. The van der Waals surface area contributed by atoms with Gasteiger partial charge in [0.2, 0.25) is 15.9 Å². The summed E-state index contributed by atoms with van der Waals surface area (Å²) < 4.78 is 55.7. The van der Waals surface area contributed by atoms with Gasteiger partial charge in [0, 0.05) is 63.4 Å². The Morgan fingerprint density at radius 3 is 2.39 bits per heavy atom. The fraction of sp³-hybridized carbons (Fsp3) is 0.400. The zero-order valence-electron chi connectivity index (χ0n) is 16.6. The number of anilines is 1. The maximum absolute atomic E-state index is 12.8. The van der Waals surface area contributed by atoms with Crippen LogP contribution in [0.1, 0.15) is 0 Å². The molecular formula is C20H22F2N4O4S. The van der Waals surface area contributed by atoms with Crippen LogP contribution in [0.4, 0.5) is 14.5 Å². The number of carbonyl (C=O) groups is 1. The summed E-state index contributed by atoms with van der Waals surface area (Å²) >= 11 is 0. The number of alkyl halides is 2. The number of carbonyl (C=O) groups excluding carboxylic acids is 1. The van der Waals surface area contributed by atoms with Crippen molar-refractivity contribution in [3.8, 4) is 5.75 Å². The first-order chi connectivity index (χ1) is 14.8. The third-order valence-electron chi connectivity index (χ3n) is 5.48. The number of sulfonamides is 1. The van der Waals surface area contributed by atoms with Crippen molar-refractivity contribution in [3.05, 3.63) is 48.8 Å². The molecule has 4 rings (SSSR count). The summed E-state index contributed by atoms with van der Waals surface area (Å²) in [5.41, 5.74) is 1.06. The Labute approximate surface area is 179 Å². The van der Waals surface area contributed by atoms with E-state index in [2.05, 4.69) is 14.6 Å². The van der Waals surface area contributed by atoms with E-state index in [0.29, 0.717) is 26.2 Å². The Balaban J connectivity index is 1.32. The second kappa shape index (κ2) is 8.75. The van der Waals surface area contributed by atoms with Crippen LogP contribution in [0.2, 0.25) is 0 Å². The first kappa shape index (κ1) is 21.4. The highest BCUT2D eigenvalue weighted by atomic mass is 32.2. The van der Waals surface area contributed by atoms with Crippen LogP contribution in [0.25, 0.3) is 0 Å². The molecule has 2 fully saturated rings. The van der Waals surface area contributed by atoms with Crippen molar-refractivity contribution < 1.29 is 26.7 Å². The summed E-state index contributed by atoms with van der Waals surface area (Å²) in [5.74, 6) is -0.686. The second-order valence-electron chi connectivity index (χ2n) is 7.39. The van der Waals surface area contributed by atoms with Gasteiger partial charge in [-0.1, -0.05) is 6.07 Å². The Morgan fingerprint density at radius 1 is 1.06 bits per heavy atom. The molecule has 0 aliphatic carbocycles. The Bertz CT molecular complexity index is 1020. The van der Waals surface area contributed by atoms with Crippen molar-refractivity contribution in [2.75, 3.05) is 44.2 Å². The standard InChI is InChI=1S/C20H22F2N4O4S/c21-20(22)30-17-2-1-3-18(12-17)31(28,29)26-13-15(14-26)19(27)25-10-8-24(9-11-25)16-4-6-23-7-5-16/h1-7,12,15,20H,8-11,13-14H2. The molecule has 1 aromatic carbocycles. The summed E-state index contributed by atoms with van der Waals surface area (Å²) in [6, 6.07) is 8.84. The molecule has 31 heavy (non-hydrogen) atoms. The molecule has 0 N–H and O–H groups in total. The third kappa shape index (κ3) is 4.62. The topological polar surface area (TPSA) is 83.0 Å². The van der Waals surface area contributed by atoms with E-state index in [1.165, 1.54) is 22.5 Å². The maximum Gasteiger partial charge on any atom is 0.387 e. The molecule has 0 unspecified atom stereocenters. The van der Waals surface area contributed by atoms with Crippen molar-refractivity contribution in [1.82, 2.24) is 14.2 Å². The molecule has 2 aliphatic rings. The number of benzene rings is 1. The van der Waals surface area contributed by atoms with Crippen LogP contribution < -0.4 is 9.64 Å². The van der Waals surface area contributed by atoms with Gasteiger partial charge >= 0.3 is 6.61 Å². The minimum absolute atomic E-state index is 0.0596. The Hall–Kier alpha value is -2.79. The van der Waals surface area contributed by atoms with Crippen LogP contribution >= 0.6 is 0 Å². The molecule has 11 heteroatoms. The maximum atomic E-state index is 12.8. The van der Waals surface area contributed by atoms with Crippen molar-refractivity contribution >= 4 is 21.6 Å². The minimum atomic E-state index is -3.88. The third-order valence-corrected chi connectivity index (χ3v) is 7.31. The number of piperazine rings is 1. The van der Waals surface area contributed by atoms with Gasteiger partial charge in [-0.05, 0) is 24.3 Å². The van der Waals surface area contributed by atoms with Crippen molar-refractivity contribution in [2.24, 2.45) is 5.92 Å². The van der Waals surface area contributed by atoms with Gasteiger partial charge in [0.05, 0.1) is 10.8 Å². The molecule has 2 aliphatic heterocycles. The van der Waals surface area contributed by atoms with Gasteiger partial charge in [-0.15, -0.1) is 0 Å². The zero-order valence-corrected chi connectivity index (χ0v) is 17.4. The lowest BCUT2D eigenvalue weighted by atomic mass is 10.0. The van der Waals surface area contributed by atoms with E-state index >= 15 is 0 Å². The van der Waals surface area contributed by atoms with Gasteiger partial charge in [-0.3, -0.25) is 9.78 Å². The molecule has 0 atom stereocenters. The number of aromatic nitrogens is 1. The highest BCUT2D eigenvalue weighted by molar-refractivity contribution is 7.89. The number of halogens is 2. The molecule has 2 saturated heterocycles. The predicted molar refractivity (Wildman–Crippen MR) is 108 cm³/mol. The number of amides is 1. The molecular weight excluding hydrogens is 430 g/mol. The summed E-state index contributed by atoms with van der Waals surface area (Å²) in [7, 11) is -3.88. The molecule has 1 amide bonds. The van der Waals surface area contributed by atoms with Gasteiger partial charge in [0.15, 0.2) is 0 Å². The summed E-state index contributed by atoms with van der Waals surface area (Å²) in [4.78, 5) is 20.6. The number of pyridine rings is 1. The van der Waals surface area contributed by atoms with Crippen LogP contribution in [0, 0.1) is 5.92 Å². The normalized spacial score (nSPS) is 18.2. The summed E-state index contributed by atoms with van der Waals surface area (Å²) in [6.07, 6.45) is 3.46. The highest BCUT2D eigenvalue weighted by Crippen LogP contribution is 2.29. The fourth-order valence-electron chi connectivity index (χ4n) is 3.75. The smallest absolute Gasteiger partial charge is 0.387 e. The SMILES string of the molecule is O=C(C1CN(S(=O)(=O)c2cccc(OC(F)F)c2)C1)N1CCN(c2ccncc2)CC1. The molecule has 1 aromatic heterocycles. The average Bonchev–Trinajstić information content (AvgIpc) is 2.73. The average molecular weight is 452 g/mol. The number of rotatable bonds is 6. The van der Waals surface area contributed by atoms with Crippen LogP contribution in [0.15, 0.2) is 53.7 Å². The van der Waals surface area contributed by atoms with Crippen LogP contribution in [0.5, 0.6) is 5.75 Å². The van der Waals surface area contributed by atoms with Gasteiger partial charge in [0.25, 0.3) is 0 Å². The first-order valence-corrected chi connectivity index (χ1v) is 11.3. The predicted octanol–water partition coefficient (Wildman–Crippen LogP) is 1.65. The van der Waals surface area contributed by atoms with Crippen molar-refractivity contribution in [1.29, 1.82) is 0 Å². The fourth-order valence-corrected chi connectivity index (χ4v) is 5.31. The van der Waals surface area contributed by atoms with Gasteiger partial charge < -0.3 is 14.5 Å². The lowest BCUT2D eigenvalue weighted by Crippen LogP contribution is -2.59. The van der Waals surface area contributed by atoms with E-state index in [1.54, 1.807) is 17.3 Å². The lowest BCUT2D eigenvalue weighted by Gasteiger charge is -2.42. The summed E-state index contributed by atoms with van der Waals surface area (Å²) in [5, 5.41) is 0. The molecule has 166 valence electrons. The Morgan fingerprint density at radius 2 is 1.74 bits per heavy atom. The Kier molecular flexibility index (Phi) is 6.05. The number of hydrogen-bond donors (Lipinski definition) is 0. The second-order valence-corrected chi connectivity index (χ2v) is 9.33. The van der Waals surface area contributed by atoms with Gasteiger partial charge in [-0.2, -0.15) is 13.1 Å². The molecule has 8 nitrogen and oxygen atoms in total. The van der Waals surface area contributed by atoms with Crippen molar-refractivity contribution in [3.63, 3.8) is 0 Å². The van der Waals surface area contributed by atoms with Crippen LogP contribution in [0.3, 0.4) is 0 Å². The highest BCUT2D eigenvalue weighted by Gasteiger charge is 2.42. The zero-order chi connectivity index (χ0) is 22.0. The number of nitrogens with zero attached hydrogens (tertiary/aromatic N) is 4.